The SMILES string of the molecule is Cc1nn(Cc2ccccc2Cl)c(Cl)c1C(=O)NCCc1cccs1. The van der Waals surface area contributed by atoms with E-state index in [0.717, 1.165) is 12.0 Å². The summed E-state index contributed by atoms with van der Waals surface area (Å²) in [5, 5.41) is 10.3. The Morgan fingerprint density at radius 1 is 1.24 bits per heavy atom. The van der Waals surface area contributed by atoms with E-state index in [1.165, 1.54) is 4.88 Å². The molecule has 1 N–H and O–H groups in total. The summed E-state index contributed by atoms with van der Waals surface area (Å²) >= 11 is 14.3. The minimum absolute atomic E-state index is 0.204. The molecule has 3 aromatic rings. The molecule has 0 aliphatic rings. The first-order valence-corrected chi connectivity index (χ1v) is 9.46. The summed E-state index contributed by atoms with van der Waals surface area (Å²) in [5.41, 5.74) is 1.92. The van der Waals surface area contributed by atoms with Crippen LogP contribution in [0, 0.1) is 6.92 Å². The van der Waals surface area contributed by atoms with Crippen LogP contribution in [0.2, 0.25) is 10.2 Å². The standard InChI is InChI=1S/C18H17Cl2N3OS/c1-12-16(18(24)21-9-8-14-6-4-10-25-14)17(20)23(22-12)11-13-5-2-3-7-15(13)19/h2-7,10H,8-9,11H2,1H3,(H,21,24). The number of carbonyl (C=O) groups is 1. The molecule has 0 saturated carbocycles. The molecule has 7 heteroatoms. The van der Waals surface area contributed by atoms with E-state index in [4.69, 9.17) is 23.2 Å². The Kier molecular flexibility index (Phi) is 5.78. The van der Waals surface area contributed by atoms with Gasteiger partial charge in [-0.3, -0.25) is 4.79 Å². The van der Waals surface area contributed by atoms with Gasteiger partial charge in [-0.2, -0.15) is 5.10 Å². The molecule has 1 amide bonds. The van der Waals surface area contributed by atoms with Gasteiger partial charge in [0.05, 0.1) is 17.8 Å². The molecule has 0 bridgehead atoms. The van der Waals surface area contributed by atoms with E-state index in [0.29, 0.717) is 34.5 Å². The predicted octanol–water partition coefficient (Wildman–Crippen LogP) is 4.58. The van der Waals surface area contributed by atoms with Crippen LogP contribution in [0.3, 0.4) is 0 Å². The largest absolute Gasteiger partial charge is 0.352 e. The van der Waals surface area contributed by atoms with Crippen LogP contribution in [-0.2, 0) is 13.0 Å². The van der Waals surface area contributed by atoms with Gasteiger partial charge < -0.3 is 5.32 Å². The first-order chi connectivity index (χ1) is 12.1. The molecule has 0 radical (unpaired) electrons. The van der Waals surface area contributed by atoms with Crippen LogP contribution in [0.5, 0.6) is 0 Å². The van der Waals surface area contributed by atoms with Crippen molar-refractivity contribution >= 4 is 40.4 Å². The van der Waals surface area contributed by atoms with Crippen molar-refractivity contribution in [2.24, 2.45) is 0 Å². The van der Waals surface area contributed by atoms with Crippen molar-refractivity contribution in [3.8, 4) is 0 Å². The first-order valence-electron chi connectivity index (χ1n) is 7.83. The molecule has 1 aromatic carbocycles. The smallest absolute Gasteiger partial charge is 0.256 e. The van der Waals surface area contributed by atoms with E-state index in [1.54, 1.807) is 22.9 Å². The number of carbonyl (C=O) groups excluding carboxylic acids is 1. The van der Waals surface area contributed by atoms with Gasteiger partial charge in [-0.15, -0.1) is 11.3 Å². The number of nitrogens with one attached hydrogen (secondary N) is 1. The van der Waals surface area contributed by atoms with Crippen molar-refractivity contribution in [3.05, 3.63) is 73.7 Å². The Labute approximate surface area is 160 Å². The Bertz CT molecular complexity index is 875. The van der Waals surface area contributed by atoms with Crippen LogP contribution in [0.25, 0.3) is 0 Å². The molecule has 0 aliphatic heterocycles. The van der Waals surface area contributed by atoms with E-state index in [1.807, 2.05) is 35.7 Å². The molecular weight excluding hydrogens is 377 g/mol. The van der Waals surface area contributed by atoms with Gasteiger partial charge in [-0.25, -0.2) is 4.68 Å². The van der Waals surface area contributed by atoms with E-state index in [9.17, 15) is 4.79 Å². The highest BCUT2D eigenvalue weighted by atomic mass is 35.5. The Morgan fingerprint density at radius 2 is 2.04 bits per heavy atom. The van der Waals surface area contributed by atoms with Gasteiger partial charge in [0, 0.05) is 16.4 Å². The highest BCUT2D eigenvalue weighted by molar-refractivity contribution is 7.09. The summed E-state index contributed by atoms with van der Waals surface area (Å²) < 4.78 is 1.60. The molecule has 130 valence electrons. The average molecular weight is 394 g/mol. The van der Waals surface area contributed by atoms with Gasteiger partial charge in [0.15, 0.2) is 0 Å². The fourth-order valence-electron chi connectivity index (χ4n) is 2.55. The van der Waals surface area contributed by atoms with Gasteiger partial charge in [0.1, 0.15) is 5.15 Å². The molecule has 2 aromatic heterocycles. The second kappa shape index (κ2) is 8.04. The van der Waals surface area contributed by atoms with Crippen LogP contribution < -0.4 is 5.32 Å². The van der Waals surface area contributed by atoms with E-state index in [-0.39, 0.29) is 5.91 Å². The number of aryl methyl sites for hydroxylation is 1. The first kappa shape index (κ1) is 18.0. The van der Waals surface area contributed by atoms with E-state index >= 15 is 0 Å². The van der Waals surface area contributed by atoms with Gasteiger partial charge in [-0.05, 0) is 36.4 Å². The monoisotopic (exact) mass is 393 g/mol. The second-order valence-corrected chi connectivity index (χ2v) is 7.38. The Morgan fingerprint density at radius 3 is 2.76 bits per heavy atom. The van der Waals surface area contributed by atoms with Crippen molar-refractivity contribution in [2.45, 2.75) is 19.9 Å². The van der Waals surface area contributed by atoms with Crippen molar-refractivity contribution in [2.75, 3.05) is 6.54 Å². The quantitative estimate of drug-likeness (QED) is 0.665. The summed E-state index contributed by atoms with van der Waals surface area (Å²) in [6, 6.07) is 11.6. The number of thiophene rings is 1. The fourth-order valence-corrected chi connectivity index (χ4v) is 3.77. The molecule has 4 nitrogen and oxygen atoms in total. The molecule has 2 heterocycles. The number of amides is 1. The lowest BCUT2D eigenvalue weighted by Crippen LogP contribution is -2.26. The molecule has 0 atom stereocenters. The van der Waals surface area contributed by atoms with Crippen molar-refractivity contribution < 1.29 is 4.79 Å². The summed E-state index contributed by atoms with van der Waals surface area (Å²) in [4.78, 5) is 13.7. The lowest BCUT2D eigenvalue weighted by molar-refractivity contribution is 0.0953. The fraction of sp³-hybridized carbons (Fsp3) is 0.222. The van der Waals surface area contributed by atoms with E-state index in [2.05, 4.69) is 16.5 Å². The van der Waals surface area contributed by atoms with E-state index < -0.39 is 0 Å². The number of aromatic nitrogens is 2. The molecule has 25 heavy (non-hydrogen) atoms. The third kappa shape index (κ3) is 4.24. The predicted molar refractivity (Wildman–Crippen MR) is 103 cm³/mol. The van der Waals surface area contributed by atoms with Crippen LogP contribution in [0.1, 0.15) is 26.5 Å². The molecule has 3 rings (SSSR count). The lowest BCUT2D eigenvalue weighted by Gasteiger charge is -2.06. The van der Waals surface area contributed by atoms with Crippen LogP contribution in [-0.4, -0.2) is 22.2 Å². The summed E-state index contributed by atoms with van der Waals surface area (Å²) in [6.07, 6.45) is 0.799. The lowest BCUT2D eigenvalue weighted by atomic mass is 10.2. The van der Waals surface area contributed by atoms with Crippen molar-refractivity contribution in [1.29, 1.82) is 0 Å². The number of rotatable bonds is 6. The second-order valence-electron chi connectivity index (χ2n) is 5.59. The Balaban J connectivity index is 1.70. The maximum absolute atomic E-state index is 12.5. The summed E-state index contributed by atoms with van der Waals surface area (Å²) in [7, 11) is 0. The Hall–Kier alpha value is -1.82. The number of nitrogens with zero attached hydrogens (tertiary/aromatic N) is 2. The summed E-state index contributed by atoms with van der Waals surface area (Å²) in [6.45, 7) is 2.76. The topological polar surface area (TPSA) is 46.9 Å². The number of halogens is 2. The normalized spacial score (nSPS) is 10.8. The maximum Gasteiger partial charge on any atom is 0.256 e. The third-order valence-electron chi connectivity index (χ3n) is 3.81. The highest BCUT2D eigenvalue weighted by Gasteiger charge is 2.20. The molecule has 0 unspecified atom stereocenters. The number of hydrogen-bond acceptors (Lipinski definition) is 3. The zero-order chi connectivity index (χ0) is 17.8. The summed E-state index contributed by atoms with van der Waals surface area (Å²) in [5.74, 6) is -0.204. The van der Waals surface area contributed by atoms with Crippen LogP contribution >= 0.6 is 34.5 Å². The number of benzene rings is 1. The molecule has 0 aliphatic carbocycles. The highest BCUT2D eigenvalue weighted by Crippen LogP contribution is 2.23. The zero-order valence-electron chi connectivity index (χ0n) is 13.6. The van der Waals surface area contributed by atoms with Gasteiger partial charge in [-0.1, -0.05) is 47.5 Å². The van der Waals surface area contributed by atoms with Gasteiger partial charge in [0.2, 0.25) is 0 Å². The number of hydrogen-bond donors (Lipinski definition) is 1. The van der Waals surface area contributed by atoms with Gasteiger partial charge in [0.25, 0.3) is 5.91 Å². The molecule has 0 spiro atoms. The maximum atomic E-state index is 12.5. The minimum Gasteiger partial charge on any atom is -0.352 e. The van der Waals surface area contributed by atoms with Crippen LogP contribution in [0.4, 0.5) is 0 Å². The van der Waals surface area contributed by atoms with Crippen LogP contribution in [0.15, 0.2) is 41.8 Å². The van der Waals surface area contributed by atoms with Gasteiger partial charge >= 0.3 is 0 Å². The van der Waals surface area contributed by atoms with Crippen molar-refractivity contribution in [1.82, 2.24) is 15.1 Å². The molecule has 0 fully saturated rings. The zero-order valence-corrected chi connectivity index (χ0v) is 16.0. The molecule has 0 saturated heterocycles. The minimum atomic E-state index is -0.204. The van der Waals surface area contributed by atoms with Crippen molar-refractivity contribution in [3.63, 3.8) is 0 Å². The molecular formula is C18H17Cl2N3OS. The third-order valence-corrected chi connectivity index (χ3v) is 5.50. The average Bonchev–Trinajstić information content (AvgIpc) is 3.18.